The number of rotatable bonds is 4. The van der Waals surface area contributed by atoms with E-state index in [0.29, 0.717) is 17.7 Å². The van der Waals surface area contributed by atoms with E-state index in [-0.39, 0.29) is 25.5 Å². The van der Waals surface area contributed by atoms with Gasteiger partial charge in [0, 0.05) is 49.0 Å². The monoisotopic (exact) mass is 835 g/mol. The summed E-state index contributed by atoms with van der Waals surface area (Å²) in [4.78, 5) is 14.1. The van der Waals surface area contributed by atoms with Crippen molar-refractivity contribution in [3.8, 4) is 22.6 Å². The number of allylic oxidation sites excluding steroid dienone is 1. The van der Waals surface area contributed by atoms with Gasteiger partial charge in [-0.3, -0.25) is 4.98 Å². The molecule has 255 valence electrons. The Morgan fingerprint density at radius 1 is 0.920 bits per heavy atom. The molecule has 6 heteroatoms. The zero-order valence-electron chi connectivity index (χ0n) is 29.4. The molecule has 5 heterocycles. The Hall–Kier alpha value is -4.38. The summed E-state index contributed by atoms with van der Waals surface area (Å²) in [5, 5.41) is 2.12. The Bertz CT molecular complexity index is 2340. The van der Waals surface area contributed by atoms with Crippen molar-refractivity contribution < 1.29 is 24.5 Å². The Labute approximate surface area is 308 Å². The van der Waals surface area contributed by atoms with Crippen molar-refractivity contribution in [3.05, 3.63) is 120 Å². The number of fused-ring (bicyclic) bond motifs is 3. The van der Waals surface area contributed by atoms with E-state index >= 15 is 0 Å². The molecule has 4 aromatic heterocycles. The average Bonchev–Trinajstić information content (AvgIpc) is 3.86. The van der Waals surface area contributed by atoms with Gasteiger partial charge in [-0.25, -0.2) is 4.98 Å². The second kappa shape index (κ2) is 13.7. The quantitative estimate of drug-likeness (QED) is 0.166. The van der Waals surface area contributed by atoms with Crippen LogP contribution in [0.5, 0.6) is 0 Å². The number of aromatic nitrogens is 4. The topological polar surface area (TPSA) is 56.7 Å². The number of imidazole rings is 1. The molecule has 0 N–H and O–H groups in total. The first-order chi connectivity index (χ1) is 23.7. The fourth-order valence-electron chi connectivity index (χ4n) is 7.61. The number of nitrogens with zero attached hydrogens (tertiary/aromatic N) is 4. The van der Waals surface area contributed by atoms with Gasteiger partial charge < -0.3 is 14.0 Å². The molecule has 0 spiro atoms. The van der Waals surface area contributed by atoms with Gasteiger partial charge in [-0.15, -0.1) is 54.1 Å². The van der Waals surface area contributed by atoms with Gasteiger partial charge in [0.1, 0.15) is 0 Å². The van der Waals surface area contributed by atoms with E-state index in [4.69, 9.17) is 9.40 Å². The molecule has 1 fully saturated rings. The van der Waals surface area contributed by atoms with Crippen LogP contribution in [0.3, 0.4) is 0 Å². The third kappa shape index (κ3) is 6.47. The third-order valence-corrected chi connectivity index (χ3v) is 9.91. The van der Waals surface area contributed by atoms with Crippen molar-refractivity contribution in [2.75, 3.05) is 0 Å². The van der Waals surface area contributed by atoms with Crippen LogP contribution in [0.1, 0.15) is 87.7 Å². The second-order valence-electron chi connectivity index (χ2n) is 14.9. The van der Waals surface area contributed by atoms with Crippen molar-refractivity contribution in [2.24, 2.45) is 5.41 Å². The summed E-state index contributed by atoms with van der Waals surface area (Å²) in [6, 6.07) is 32.0. The van der Waals surface area contributed by atoms with Gasteiger partial charge in [-0.2, -0.15) is 0 Å². The number of hydrogen-bond acceptors (Lipinski definition) is 4. The van der Waals surface area contributed by atoms with Gasteiger partial charge in [-0.1, -0.05) is 74.4 Å². The largest absolute Gasteiger partial charge is 0.486 e. The van der Waals surface area contributed by atoms with E-state index in [2.05, 4.69) is 103 Å². The van der Waals surface area contributed by atoms with Crippen LogP contribution in [0, 0.1) is 24.5 Å². The first-order valence-electron chi connectivity index (χ1n) is 17.6. The molecule has 7 aromatic rings. The molecule has 3 aromatic carbocycles. The molecule has 1 saturated carbocycles. The van der Waals surface area contributed by atoms with Crippen LogP contribution < -0.4 is 0 Å². The molecule has 50 heavy (non-hydrogen) atoms. The van der Waals surface area contributed by atoms with Crippen molar-refractivity contribution in [3.63, 3.8) is 0 Å². The summed E-state index contributed by atoms with van der Waals surface area (Å²) in [5.74, 6) is 1.68. The van der Waals surface area contributed by atoms with Gasteiger partial charge in [0.05, 0.1) is 22.4 Å². The minimum Gasteiger partial charge on any atom is -0.486 e. The predicted octanol–water partition coefficient (Wildman–Crippen LogP) is 11.5. The number of benzene rings is 3. The van der Waals surface area contributed by atoms with Crippen LogP contribution in [0.25, 0.3) is 61.8 Å². The van der Waals surface area contributed by atoms with E-state index in [1.807, 2.05) is 49.5 Å². The first kappa shape index (κ1) is 34.1. The number of furan rings is 1. The van der Waals surface area contributed by atoms with Crippen LogP contribution in [-0.2, 0) is 26.5 Å². The molecule has 1 radical (unpaired) electrons. The maximum atomic E-state index is 6.10. The number of pyridine rings is 2. The third-order valence-electron chi connectivity index (χ3n) is 9.91. The van der Waals surface area contributed by atoms with E-state index in [1.54, 1.807) is 0 Å². The zero-order chi connectivity index (χ0) is 33.7. The summed E-state index contributed by atoms with van der Waals surface area (Å²) >= 11 is 0. The van der Waals surface area contributed by atoms with E-state index in [0.717, 1.165) is 56.6 Å². The Kier molecular flexibility index (Phi) is 9.36. The molecule has 5 nitrogen and oxygen atoms in total. The van der Waals surface area contributed by atoms with E-state index in [1.165, 1.54) is 47.9 Å². The normalized spacial score (nSPS) is 15.7. The van der Waals surface area contributed by atoms with Crippen molar-refractivity contribution in [1.82, 2.24) is 19.5 Å². The minimum absolute atomic E-state index is 0. The second-order valence-corrected chi connectivity index (χ2v) is 14.9. The van der Waals surface area contributed by atoms with Crippen LogP contribution in [0.2, 0.25) is 0 Å². The standard InChI is InChI=1S/C22H19N2O.C22H23N2.Ir/c1-14-9-10-18-17-7-4-8-19(21(17)25-22(18)24-14)20-13-16(11-12-23-20)15-5-2-3-6-15;1-15-10-12-18-17(14-22(2,3)4)11-13-19-20(18)24(15)21(23-19)16-8-6-5-7-9-16;/h4,7,9-13,15H,2-3,5-6H2,1H3;5-8,10-13,15H,14H2,1-4H3;/q2*-1;. The Balaban J connectivity index is 0.000000154. The van der Waals surface area contributed by atoms with Crippen molar-refractivity contribution >= 4 is 39.2 Å². The molecule has 1 aliphatic heterocycles. The molecule has 0 saturated heterocycles. The molecule has 9 rings (SSSR count). The molecule has 0 bridgehead atoms. The Morgan fingerprint density at radius 3 is 2.54 bits per heavy atom. The van der Waals surface area contributed by atoms with Crippen LogP contribution in [0.4, 0.5) is 0 Å². The summed E-state index contributed by atoms with van der Waals surface area (Å²) < 4.78 is 8.47. The number of hydrogen-bond donors (Lipinski definition) is 0. The SMILES string of the molecule is CC1C=Cc2c(CC(C)(C)C)ccc3nc(-c4[c-]cccc4)n1c23.Cc1ccc2c(n1)oc1c(-c3cc(C4CCCC4)ccn3)[c-]ccc12.[Ir]. The maximum Gasteiger partial charge on any atom is 0.216 e. The smallest absolute Gasteiger partial charge is 0.216 e. The first-order valence-corrected chi connectivity index (χ1v) is 17.6. The van der Waals surface area contributed by atoms with Gasteiger partial charge in [0.25, 0.3) is 0 Å². The fourth-order valence-corrected chi connectivity index (χ4v) is 7.61. The van der Waals surface area contributed by atoms with Crippen LogP contribution in [-0.4, -0.2) is 19.5 Å². The molecule has 0 amide bonds. The van der Waals surface area contributed by atoms with Crippen molar-refractivity contribution in [1.29, 1.82) is 0 Å². The molecule has 1 aliphatic carbocycles. The van der Waals surface area contributed by atoms with Crippen LogP contribution >= 0.6 is 0 Å². The summed E-state index contributed by atoms with van der Waals surface area (Å²) in [5.41, 5.74) is 12.1. The predicted molar refractivity (Wildman–Crippen MR) is 200 cm³/mol. The number of aryl methyl sites for hydroxylation is 1. The molecule has 1 unspecified atom stereocenters. The average molecular weight is 835 g/mol. The molecule has 1 atom stereocenters. The maximum absolute atomic E-state index is 6.10. The van der Waals surface area contributed by atoms with Crippen molar-refractivity contribution in [2.45, 2.75) is 78.7 Å². The molecule has 2 aliphatic rings. The van der Waals surface area contributed by atoms with Gasteiger partial charge in [0.15, 0.2) is 0 Å². The van der Waals surface area contributed by atoms with Gasteiger partial charge in [0.2, 0.25) is 5.71 Å². The molecular weight excluding hydrogens is 793 g/mol. The van der Waals surface area contributed by atoms with E-state index in [9.17, 15) is 0 Å². The van der Waals surface area contributed by atoms with Crippen LogP contribution in [0.15, 0.2) is 89.5 Å². The van der Waals surface area contributed by atoms with Gasteiger partial charge in [-0.05, 0) is 80.0 Å². The summed E-state index contributed by atoms with van der Waals surface area (Å²) in [6.07, 6.45) is 12.8. The summed E-state index contributed by atoms with van der Waals surface area (Å²) in [7, 11) is 0. The van der Waals surface area contributed by atoms with Gasteiger partial charge >= 0.3 is 0 Å². The fraction of sp³-hybridized carbons (Fsp3) is 0.295. The van der Waals surface area contributed by atoms with E-state index < -0.39 is 0 Å². The zero-order valence-corrected chi connectivity index (χ0v) is 31.8. The Morgan fingerprint density at radius 2 is 1.76 bits per heavy atom. The molecular formula is C44H42IrN4O-2. The minimum atomic E-state index is 0. The summed E-state index contributed by atoms with van der Waals surface area (Å²) in [6.45, 7) is 11.1.